The number of ether oxygens (including phenoxy) is 1. The van der Waals surface area contributed by atoms with Gasteiger partial charge in [-0.15, -0.1) is 6.58 Å². The van der Waals surface area contributed by atoms with Crippen LogP contribution in [0.1, 0.15) is 6.42 Å². The fraction of sp³-hybridized carbons (Fsp3) is 0.700. The second-order valence-corrected chi connectivity index (χ2v) is 3.15. The van der Waals surface area contributed by atoms with Crippen molar-refractivity contribution in [2.24, 2.45) is 0 Å². The van der Waals surface area contributed by atoms with Crippen molar-refractivity contribution in [2.75, 3.05) is 40.4 Å². The summed E-state index contributed by atoms with van der Waals surface area (Å²) >= 11 is 0. The van der Waals surface area contributed by atoms with E-state index in [1.807, 2.05) is 6.08 Å². The van der Waals surface area contributed by atoms with Crippen molar-refractivity contribution in [1.82, 2.24) is 10.2 Å². The summed E-state index contributed by atoms with van der Waals surface area (Å²) in [6.07, 6.45) is 2.69. The van der Waals surface area contributed by atoms with Crippen LogP contribution in [0.4, 0.5) is 0 Å². The minimum Gasteiger partial charge on any atom is -0.380 e. The van der Waals surface area contributed by atoms with E-state index < -0.39 is 0 Å². The van der Waals surface area contributed by atoms with E-state index in [2.05, 4.69) is 11.9 Å². The molecule has 0 aromatic rings. The third kappa shape index (κ3) is 7.76. The van der Waals surface area contributed by atoms with Gasteiger partial charge in [-0.1, -0.05) is 6.08 Å². The zero-order valence-electron chi connectivity index (χ0n) is 9.08. The van der Waals surface area contributed by atoms with E-state index >= 15 is 0 Å². The van der Waals surface area contributed by atoms with Crippen LogP contribution in [0.25, 0.3) is 0 Å². The van der Waals surface area contributed by atoms with Crippen LogP contribution in [0.3, 0.4) is 0 Å². The van der Waals surface area contributed by atoms with Crippen molar-refractivity contribution in [3.05, 3.63) is 12.7 Å². The van der Waals surface area contributed by atoms with Gasteiger partial charge in [0.15, 0.2) is 0 Å². The third-order valence-electron chi connectivity index (χ3n) is 1.66. The first-order chi connectivity index (χ1) is 6.68. The number of amides is 1. The number of nitrogens with zero attached hydrogens (tertiary/aromatic N) is 1. The number of nitrogens with one attached hydrogen (secondary N) is 1. The van der Waals surface area contributed by atoms with Gasteiger partial charge in [-0.3, -0.25) is 4.79 Å². The highest BCUT2D eigenvalue weighted by Crippen LogP contribution is 1.81. The first-order valence-electron chi connectivity index (χ1n) is 4.78. The predicted molar refractivity (Wildman–Crippen MR) is 57.2 cm³/mol. The molecule has 1 amide bonds. The SMILES string of the molecule is C=CCCOCCNCC(=O)N(C)C. The summed E-state index contributed by atoms with van der Waals surface area (Å²) in [5, 5.41) is 3.00. The van der Waals surface area contributed by atoms with Gasteiger partial charge in [-0.05, 0) is 6.42 Å². The van der Waals surface area contributed by atoms with Crippen LogP contribution in [0.5, 0.6) is 0 Å². The topological polar surface area (TPSA) is 41.6 Å². The highest BCUT2D eigenvalue weighted by molar-refractivity contribution is 5.77. The van der Waals surface area contributed by atoms with Crippen molar-refractivity contribution in [3.8, 4) is 0 Å². The molecule has 0 aliphatic carbocycles. The molecule has 0 radical (unpaired) electrons. The molecule has 14 heavy (non-hydrogen) atoms. The Labute approximate surface area is 85.9 Å². The fourth-order valence-electron chi connectivity index (χ4n) is 0.767. The Kier molecular flexibility index (Phi) is 8.17. The predicted octanol–water partition coefficient (Wildman–Crippen LogP) is 0.257. The molecule has 1 N–H and O–H groups in total. The molecule has 0 heterocycles. The summed E-state index contributed by atoms with van der Waals surface area (Å²) < 4.78 is 5.26. The first-order valence-corrected chi connectivity index (χ1v) is 4.78. The molecule has 0 aliphatic rings. The quantitative estimate of drug-likeness (QED) is 0.451. The summed E-state index contributed by atoms with van der Waals surface area (Å²) in [4.78, 5) is 12.6. The lowest BCUT2D eigenvalue weighted by molar-refractivity contribution is -0.127. The summed E-state index contributed by atoms with van der Waals surface area (Å²) in [6.45, 7) is 6.00. The lowest BCUT2D eigenvalue weighted by Crippen LogP contribution is -2.34. The molecule has 0 aromatic heterocycles. The van der Waals surface area contributed by atoms with E-state index in [1.54, 1.807) is 19.0 Å². The number of hydrogen-bond acceptors (Lipinski definition) is 3. The van der Waals surface area contributed by atoms with E-state index in [0.29, 0.717) is 26.3 Å². The van der Waals surface area contributed by atoms with Gasteiger partial charge in [-0.25, -0.2) is 0 Å². The summed E-state index contributed by atoms with van der Waals surface area (Å²) in [6, 6.07) is 0. The lowest BCUT2D eigenvalue weighted by atomic mass is 10.4. The second-order valence-electron chi connectivity index (χ2n) is 3.15. The molecule has 0 saturated carbocycles. The molecule has 0 fully saturated rings. The third-order valence-corrected chi connectivity index (χ3v) is 1.66. The van der Waals surface area contributed by atoms with Crippen LogP contribution < -0.4 is 5.32 Å². The number of likely N-dealkylation sites (N-methyl/N-ethyl adjacent to an activating group) is 1. The van der Waals surface area contributed by atoms with Gasteiger partial charge in [0.2, 0.25) is 5.91 Å². The van der Waals surface area contributed by atoms with Crippen LogP contribution in [0.2, 0.25) is 0 Å². The maximum atomic E-state index is 11.1. The largest absolute Gasteiger partial charge is 0.380 e. The van der Waals surface area contributed by atoms with Crippen molar-refractivity contribution < 1.29 is 9.53 Å². The van der Waals surface area contributed by atoms with Crippen LogP contribution in [-0.2, 0) is 9.53 Å². The van der Waals surface area contributed by atoms with Crippen molar-refractivity contribution in [3.63, 3.8) is 0 Å². The fourth-order valence-corrected chi connectivity index (χ4v) is 0.767. The van der Waals surface area contributed by atoms with Crippen LogP contribution in [0, 0.1) is 0 Å². The Morgan fingerprint density at radius 2 is 2.21 bits per heavy atom. The molecule has 82 valence electrons. The molecular formula is C10H20N2O2. The van der Waals surface area contributed by atoms with E-state index in [9.17, 15) is 4.79 Å². The molecule has 0 aromatic carbocycles. The molecule has 0 spiro atoms. The van der Waals surface area contributed by atoms with E-state index in [-0.39, 0.29) is 5.91 Å². The molecule has 0 aliphatic heterocycles. The molecule has 4 nitrogen and oxygen atoms in total. The maximum Gasteiger partial charge on any atom is 0.236 e. The van der Waals surface area contributed by atoms with E-state index in [4.69, 9.17) is 4.74 Å². The molecule has 4 heteroatoms. The van der Waals surface area contributed by atoms with E-state index in [1.165, 1.54) is 0 Å². The average Bonchev–Trinajstić information content (AvgIpc) is 2.16. The number of hydrogen-bond donors (Lipinski definition) is 1. The Morgan fingerprint density at radius 1 is 1.50 bits per heavy atom. The number of carbonyl (C=O) groups excluding carboxylic acids is 1. The van der Waals surface area contributed by atoms with Gasteiger partial charge in [0.05, 0.1) is 19.8 Å². The highest BCUT2D eigenvalue weighted by atomic mass is 16.5. The number of carbonyl (C=O) groups is 1. The standard InChI is InChI=1S/C10H20N2O2/c1-4-5-7-14-8-6-11-9-10(13)12(2)3/h4,11H,1,5-9H2,2-3H3. The second kappa shape index (κ2) is 8.72. The van der Waals surface area contributed by atoms with Gasteiger partial charge in [-0.2, -0.15) is 0 Å². The number of rotatable bonds is 8. The minimum absolute atomic E-state index is 0.0797. The van der Waals surface area contributed by atoms with Gasteiger partial charge < -0.3 is 15.0 Å². The van der Waals surface area contributed by atoms with Crippen LogP contribution >= 0.6 is 0 Å². The van der Waals surface area contributed by atoms with Crippen molar-refractivity contribution >= 4 is 5.91 Å². The summed E-state index contributed by atoms with van der Waals surface area (Å²) in [5.74, 6) is 0.0797. The monoisotopic (exact) mass is 200 g/mol. The van der Waals surface area contributed by atoms with Gasteiger partial charge in [0.1, 0.15) is 0 Å². The molecule has 0 saturated heterocycles. The lowest BCUT2D eigenvalue weighted by Gasteiger charge is -2.10. The summed E-state index contributed by atoms with van der Waals surface area (Å²) in [7, 11) is 3.48. The molecule has 0 rings (SSSR count). The Bertz CT molecular complexity index is 170. The van der Waals surface area contributed by atoms with E-state index in [0.717, 1.165) is 6.42 Å². The van der Waals surface area contributed by atoms with Gasteiger partial charge in [0, 0.05) is 20.6 Å². The molecule has 0 bridgehead atoms. The molecule has 0 atom stereocenters. The minimum atomic E-state index is 0.0797. The zero-order chi connectivity index (χ0) is 10.8. The maximum absolute atomic E-state index is 11.1. The van der Waals surface area contributed by atoms with Gasteiger partial charge >= 0.3 is 0 Å². The summed E-state index contributed by atoms with van der Waals surface area (Å²) in [5.41, 5.74) is 0. The highest BCUT2D eigenvalue weighted by Gasteiger charge is 2.01. The van der Waals surface area contributed by atoms with Crippen molar-refractivity contribution in [1.29, 1.82) is 0 Å². The smallest absolute Gasteiger partial charge is 0.236 e. The Balaban J connectivity index is 3.13. The van der Waals surface area contributed by atoms with Crippen LogP contribution in [0.15, 0.2) is 12.7 Å². The first kappa shape index (κ1) is 13.1. The zero-order valence-corrected chi connectivity index (χ0v) is 9.08. The normalized spacial score (nSPS) is 9.86. The molecular weight excluding hydrogens is 180 g/mol. The molecule has 0 unspecified atom stereocenters. The average molecular weight is 200 g/mol. The van der Waals surface area contributed by atoms with Crippen molar-refractivity contribution in [2.45, 2.75) is 6.42 Å². The Morgan fingerprint density at radius 3 is 2.79 bits per heavy atom. The van der Waals surface area contributed by atoms with Crippen LogP contribution in [-0.4, -0.2) is 51.2 Å². The Hall–Kier alpha value is -0.870. The van der Waals surface area contributed by atoms with Gasteiger partial charge in [0.25, 0.3) is 0 Å².